The molecule has 0 unspecified atom stereocenters. The molecule has 30 heavy (non-hydrogen) atoms. The Hall–Kier alpha value is -3.84. The standard InChI is InChI=1S/C22H15ClN4O3/c1-13(28)16-12-27(21(30)15-10-6-3-7-11-15)19-17(16)18(23)24-22(25-19)26-20(29)14-8-4-2-5-9-14/h2-12H,1H3,(H,24,25,26,29). The van der Waals surface area contributed by atoms with E-state index in [1.807, 2.05) is 0 Å². The second kappa shape index (κ2) is 7.88. The van der Waals surface area contributed by atoms with Crippen LogP contribution in [0.4, 0.5) is 5.95 Å². The van der Waals surface area contributed by atoms with Crippen molar-refractivity contribution >= 4 is 46.2 Å². The first-order valence-electron chi connectivity index (χ1n) is 9.01. The predicted molar refractivity (Wildman–Crippen MR) is 113 cm³/mol. The molecule has 0 atom stereocenters. The van der Waals surface area contributed by atoms with Gasteiger partial charge in [-0.25, -0.2) is 0 Å². The third kappa shape index (κ3) is 3.58. The highest BCUT2D eigenvalue weighted by Gasteiger charge is 2.23. The lowest BCUT2D eigenvalue weighted by atomic mass is 10.2. The lowest BCUT2D eigenvalue weighted by Crippen LogP contribution is -2.16. The Morgan fingerprint density at radius 3 is 2.10 bits per heavy atom. The molecular weight excluding hydrogens is 404 g/mol. The summed E-state index contributed by atoms with van der Waals surface area (Å²) in [6, 6.07) is 17.1. The number of aromatic nitrogens is 3. The van der Waals surface area contributed by atoms with Gasteiger partial charge in [0.25, 0.3) is 11.8 Å². The maximum atomic E-state index is 13.0. The summed E-state index contributed by atoms with van der Waals surface area (Å²) < 4.78 is 1.24. The van der Waals surface area contributed by atoms with Crippen LogP contribution in [0.1, 0.15) is 38.0 Å². The molecule has 0 aliphatic rings. The summed E-state index contributed by atoms with van der Waals surface area (Å²) in [6.07, 6.45) is 1.39. The Balaban J connectivity index is 1.83. The Kier molecular flexibility index (Phi) is 5.12. The molecule has 2 aromatic carbocycles. The molecule has 1 amide bonds. The number of rotatable bonds is 4. The van der Waals surface area contributed by atoms with Crippen LogP contribution in [0.15, 0.2) is 66.9 Å². The number of ketones is 1. The van der Waals surface area contributed by atoms with E-state index >= 15 is 0 Å². The Labute approximate surface area is 176 Å². The van der Waals surface area contributed by atoms with Gasteiger partial charge in [-0.1, -0.05) is 48.0 Å². The molecule has 0 radical (unpaired) electrons. The fourth-order valence-corrected chi connectivity index (χ4v) is 3.31. The Morgan fingerprint density at radius 1 is 0.900 bits per heavy atom. The number of hydrogen-bond acceptors (Lipinski definition) is 5. The van der Waals surface area contributed by atoms with Gasteiger partial charge in [-0.3, -0.25) is 24.3 Å². The highest BCUT2D eigenvalue weighted by atomic mass is 35.5. The largest absolute Gasteiger partial charge is 0.294 e. The molecule has 0 bridgehead atoms. The SMILES string of the molecule is CC(=O)c1cn(C(=O)c2ccccc2)c2nc(NC(=O)c3ccccc3)nc(Cl)c12. The quantitative estimate of drug-likeness (QED) is 0.395. The number of anilines is 1. The van der Waals surface area contributed by atoms with E-state index in [0.29, 0.717) is 11.1 Å². The molecule has 4 aromatic rings. The fourth-order valence-electron chi connectivity index (χ4n) is 3.04. The molecule has 0 spiro atoms. The van der Waals surface area contributed by atoms with Crippen molar-refractivity contribution in [3.05, 3.63) is 88.7 Å². The maximum Gasteiger partial charge on any atom is 0.263 e. The van der Waals surface area contributed by atoms with E-state index in [1.165, 1.54) is 17.7 Å². The van der Waals surface area contributed by atoms with Crippen LogP contribution in [0.5, 0.6) is 0 Å². The normalized spacial score (nSPS) is 10.7. The molecule has 7 nitrogen and oxygen atoms in total. The number of nitrogens with zero attached hydrogens (tertiary/aromatic N) is 3. The van der Waals surface area contributed by atoms with Gasteiger partial charge in [0.2, 0.25) is 5.95 Å². The number of carbonyl (C=O) groups is 3. The first-order chi connectivity index (χ1) is 14.5. The van der Waals surface area contributed by atoms with Crippen LogP contribution < -0.4 is 5.32 Å². The van der Waals surface area contributed by atoms with Crippen LogP contribution in [0, 0.1) is 0 Å². The van der Waals surface area contributed by atoms with Crippen molar-refractivity contribution in [1.29, 1.82) is 0 Å². The number of halogens is 1. The summed E-state index contributed by atoms with van der Waals surface area (Å²) in [7, 11) is 0. The molecule has 2 heterocycles. The number of benzene rings is 2. The van der Waals surface area contributed by atoms with E-state index in [1.54, 1.807) is 60.7 Å². The first-order valence-corrected chi connectivity index (χ1v) is 9.39. The zero-order chi connectivity index (χ0) is 21.3. The highest BCUT2D eigenvalue weighted by molar-refractivity contribution is 6.36. The number of fused-ring (bicyclic) bond motifs is 1. The Morgan fingerprint density at radius 2 is 1.50 bits per heavy atom. The molecule has 148 valence electrons. The van der Waals surface area contributed by atoms with Gasteiger partial charge in [-0.05, 0) is 31.2 Å². The van der Waals surface area contributed by atoms with Crippen molar-refractivity contribution in [2.45, 2.75) is 6.92 Å². The molecule has 0 saturated carbocycles. The van der Waals surface area contributed by atoms with E-state index in [-0.39, 0.29) is 39.4 Å². The smallest absolute Gasteiger partial charge is 0.263 e. The second-order valence-corrected chi connectivity index (χ2v) is 6.85. The monoisotopic (exact) mass is 418 g/mol. The molecule has 0 saturated heterocycles. The minimum Gasteiger partial charge on any atom is -0.294 e. The van der Waals surface area contributed by atoms with E-state index in [2.05, 4.69) is 15.3 Å². The van der Waals surface area contributed by atoms with Crippen molar-refractivity contribution < 1.29 is 14.4 Å². The van der Waals surface area contributed by atoms with Crippen LogP contribution in [-0.2, 0) is 0 Å². The molecule has 1 N–H and O–H groups in total. The van der Waals surface area contributed by atoms with E-state index in [9.17, 15) is 14.4 Å². The average molecular weight is 419 g/mol. The van der Waals surface area contributed by atoms with Gasteiger partial charge >= 0.3 is 0 Å². The van der Waals surface area contributed by atoms with Crippen LogP contribution in [0.2, 0.25) is 5.15 Å². The summed E-state index contributed by atoms with van der Waals surface area (Å²) in [6.45, 7) is 1.37. The molecule has 2 aromatic heterocycles. The van der Waals surface area contributed by atoms with Crippen LogP contribution in [-0.4, -0.2) is 32.1 Å². The van der Waals surface area contributed by atoms with Crippen LogP contribution in [0.3, 0.4) is 0 Å². The summed E-state index contributed by atoms with van der Waals surface area (Å²) in [4.78, 5) is 46.0. The van der Waals surface area contributed by atoms with Gasteiger partial charge in [-0.2, -0.15) is 9.97 Å². The summed E-state index contributed by atoms with van der Waals surface area (Å²) >= 11 is 6.33. The third-order valence-electron chi connectivity index (χ3n) is 4.48. The van der Waals surface area contributed by atoms with Gasteiger partial charge in [0.05, 0.1) is 5.39 Å². The fraction of sp³-hybridized carbons (Fsp3) is 0.0455. The lowest BCUT2D eigenvalue weighted by molar-refractivity contribution is 0.0963. The van der Waals surface area contributed by atoms with Gasteiger partial charge in [0.1, 0.15) is 5.15 Å². The number of carbonyl (C=O) groups excluding carboxylic acids is 3. The van der Waals surface area contributed by atoms with Gasteiger partial charge in [-0.15, -0.1) is 0 Å². The molecule has 4 rings (SSSR count). The lowest BCUT2D eigenvalue weighted by Gasteiger charge is -2.07. The van der Waals surface area contributed by atoms with Crippen LogP contribution in [0.25, 0.3) is 11.0 Å². The minimum absolute atomic E-state index is 0.0341. The van der Waals surface area contributed by atoms with E-state index in [4.69, 9.17) is 11.6 Å². The van der Waals surface area contributed by atoms with E-state index in [0.717, 1.165) is 0 Å². The average Bonchev–Trinajstić information content (AvgIpc) is 3.15. The summed E-state index contributed by atoms with van der Waals surface area (Å²) in [5.41, 5.74) is 1.18. The first kappa shape index (κ1) is 19.5. The van der Waals surface area contributed by atoms with Crippen molar-refractivity contribution in [3.63, 3.8) is 0 Å². The maximum absolute atomic E-state index is 13.0. The number of Topliss-reactive ketones (excluding diaryl/α,β-unsaturated/α-hetero) is 1. The molecule has 8 heteroatoms. The van der Waals surface area contributed by atoms with Gasteiger partial charge in [0.15, 0.2) is 11.4 Å². The molecule has 0 fully saturated rings. The number of amides is 1. The number of nitrogens with one attached hydrogen (secondary N) is 1. The predicted octanol–water partition coefficient (Wildman–Crippen LogP) is 4.23. The Bertz CT molecular complexity index is 1280. The second-order valence-electron chi connectivity index (χ2n) is 6.50. The molecule has 0 aliphatic carbocycles. The highest BCUT2D eigenvalue weighted by Crippen LogP contribution is 2.29. The van der Waals surface area contributed by atoms with Gasteiger partial charge < -0.3 is 0 Å². The molecular formula is C22H15ClN4O3. The minimum atomic E-state index is -0.426. The van der Waals surface area contributed by atoms with Crippen molar-refractivity contribution in [2.75, 3.05) is 5.32 Å². The van der Waals surface area contributed by atoms with Crippen molar-refractivity contribution in [3.8, 4) is 0 Å². The summed E-state index contributed by atoms with van der Waals surface area (Å²) in [5.74, 6) is -1.17. The molecule has 0 aliphatic heterocycles. The summed E-state index contributed by atoms with van der Waals surface area (Å²) in [5, 5.41) is 2.80. The number of hydrogen-bond donors (Lipinski definition) is 1. The van der Waals surface area contributed by atoms with E-state index < -0.39 is 5.91 Å². The van der Waals surface area contributed by atoms with Crippen LogP contribution >= 0.6 is 11.6 Å². The van der Waals surface area contributed by atoms with Gasteiger partial charge in [0, 0.05) is 22.9 Å². The zero-order valence-electron chi connectivity index (χ0n) is 15.8. The topological polar surface area (TPSA) is 94.0 Å². The van der Waals surface area contributed by atoms with Crippen molar-refractivity contribution in [1.82, 2.24) is 14.5 Å². The zero-order valence-corrected chi connectivity index (χ0v) is 16.6. The van der Waals surface area contributed by atoms with Crippen molar-refractivity contribution in [2.24, 2.45) is 0 Å². The third-order valence-corrected chi connectivity index (χ3v) is 4.76.